The summed E-state index contributed by atoms with van der Waals surface area (Å²) in [6.45, 7) is 3.07. The number of aromatic nitrogens is 1. The van der Waals surface area contributed by atoms with Crippen molar-refractivity contribution in [1.82, 2.24) is 10.3 Å². The molecule has 2 rings (SSSR count). The molecule has 0 unspecified atom stereocenters. The van der Waals surface area contributed by atoms with Crippen molar-refractivity contribution in [2.75, 3.05) is 6.54 Å². The average molecular weight is 180 g/mol. The first-order valence-electron chi connectivity index (χ1n) is 5.05. The molecule has 3 heteroatoms. The second-order valence-electron chi connectivity index (χ2n) is 3.55. The quantitative estimate of drug-likeness (QED) is 0.746. The molecule has 1 heterocycles. The van der Waals surface area contributed by atoms with E-state index >= 15 is 0 Å². The van der Waals surface area contributed by atoms with Crippen LogP contribution in [0.25, 0.3) is 0 Å². The SMILES string of the molecule is CCc1cnc(CCNC2CC2)o1. The van der Waals surface area contributed by atoms with E-state index in [-0.39, 0.29) is 0 Å². The van der Waals surface area contributed by atoms with Crippen LogP contribution < -0.4 is 5.32 Å². The topological polar surface area (TPSA) is 38.1 Å². The van der Waals surface area contributed by atoms with E-state index in [9.17, 15) is 0 Å². The van der Waals surface area contributed by atoms with Crippen LogP contribution in [0.2, 0.25) is 0 Å². The Bertz CT molecular complexity index is 266. The normalized spacial score (nSPS) is 16.4. The highest BCUT2D eigenvalue weighted by Gasteiger charge is 2.19. The second kappa shape index (κ2) is 3.92. The lowest BCUT2D eigenvalue weighted by Crippen LogP contribution is -2.19. The molecule has 1 fully saturated rings. The highest BCUT2D eigenvalue weighted by molar-refractivity contribution is 4.94. The number of oxazole rings is 1. The molecule has 0 aromatic carbocycles. The smallest absolute Gasteiger partial charge is 0.195 e. The first kappa shape index (κ1) is 8.75. The second-order valence-corrected chi connectivity index (χ2v) is 3.55. The molecule has 0 amide bonds. The molecule has 0 atom stereocenters. The highest BCUT2D eigenvalue weighted by atomic mass is 16.4. The van der Waals surface area contributed by atoms with Crippen molar-refractivity contribution in [2.45, 2.75) is 38.6 Å². The molecule has 0 radical (unpaired) electrons. The van der Waals surface area contributed by atoms with E-state index in [1.807, 2.05) is 6.20 Å². The Morgan fingerprint density at radius 3 is 3.08 bits per heavy atom. The van der Waals surface area contributed by atoms with Crippen molar-refractivity contribution < 1.29 is 4.42 Å². The number of nitrogens with one attached hydrogen (secondary N) is 1. The fourth-order valence-corrected chi connectivity index (χ4v) is 1.30. The molecule has 1 aromatic heterocycles. The lowest BCUT2D eigenvalue weighted by molar-refractivity contribution is 0.452. The Balaban J connectivity index is 1.72. The van der Waals surface area contributed by atoms with E-state index in [0.717, 1.165) is 37.1 Å². The molecule has 13 heavy (non-hydrogen) atoms. The molecule has 1 aliphatic carbocycles. The van der Waals surface area contributed by atoms with Gasteiger partial charge in [0.15, 0.2) is 5.89 Å². The summed E-state index contributed by atoms with van der Waals surface area (Å²) in [6, 6.07) is 0.778. The molecule has 0 spiro atoms. The van der Waals surface area contributed by atoms with Crippen LogP contribution in [0.5, 0.6) is 0 Å². The van der Waals surface area contributed by atoms with Gasteiger partial charge in [-0.1, -0.05) is 6.92 Å². The van der Waals surface area contributed by atoms with Gasteiger partial charge in [0.2, 0.25) is 0 Å². The minimum absolute atomic E-state index is 0.778. The minimum atomic E-state index is 0.778. The molecule has 0 bridgehead atoms. The molecular formula is C10H16N2O. The van der Waals surface area contributed by atoms with Crippen LogP contribution >= 0.6 is 0 Å². The summed E-state index contributed by atoms with van der Waals surface area (Å²) in [7, 11) is 0. The molecule has 0 saturated heterocycles. The van der Waals surface area contributed by atoms with Gasteiger partial charge in [-0.3, -0.25) is 0 Å². The summed E-state index contributed by atoms with van der Waals surface area (Å²) in [5.74, 6) is 1.85. The Morgan fingerprint density at radius 1 is 1.62 bits per heavy atom. The van der Waals surface area contributed by atoms with Crippen LogP contribution in [0.3, 0.4) is 0 Å². The van der Waals surface area contributed by atoms with Crippen LogP contribution in [0.4, 0.5) is 0 Å². The van der Waals surface area contributed by atoms with Gasteiger partial charge in [0.1, 0.15) is 5.76 Å². The van der Waals surface area contributed by atoms with Crippen molar-refractivity contribution in [2.24, 2.45) is 0 Å². The van der Waals surface area contributed by atoms with E-state index in [0.29, 0.717) is 0 Å². The Morgan fingerprint density at radius 2 is 2.46 bits per heavy atom. The average Bonchev–Trinajstić information content (AvgIpc) is 2.84. The number of hydrogen-bond acceptors (Lipinski definition) is 3. The monoisotopic (exact) mass is 180 g/mol. The number of nitrogens with zero attached hydrogens (tertiary/aromatic N) is 1. The molecule has 1 saturated carbocycles. The zero-order chi connectivity index (χ0) is 9.10. The molecule has 72 valence electrons. The van der Waals surface area contributed by atoms with Crippen molar-refractivity contribution in [1.29, 1.82) is 0 Å². The fourth-order valence-electron chi connectivity index (χ4n) is 1.30. The van der Waals surface area contributed by atoms with E-state index in [1.54, 1.807) is 0 Å². The Labute approximate surface area is 78.5 Å². The summed E-state index contributed by atoms with van der Waals surface area (Å²) in [5.41, 5.74) is 0. The first-order valence-corrected chi connectivity index (χ1v) is 5.05. The maximum atomic E-state index is 5.48. The zero-order valence-electron chi connectivity index (χ0n) is 8.05. The molecule has 1 N–H and O–H groups in total. The van der Waals surface area contributed by atoms with Gasteiger partial charge >= 0.3 is 0 Å². The molecule has 3 nitrogen and oxygen atoms in total. The molecule has 1 aromatic rings. The summed E-state index contributed by atoms with van der Waals surface area (Å²) < 4.78 is 5.48. The van der Waals surface area contributed by atoms with E-state index < -0.39 is 0 Å². The predicted molar refractivity (Wildman–Crippen MR) is 50.6 cm³/mol. The zero-order valence-corrected chi connectivity index (χ0v) is 8.05. The largest absolute Gasteiger partial charge is 0.446 e. The standard InChI is InChI=1S/C10H16N2O/c1-2-9-7-12-10(13-9)5-6-11-8-3-4-8/h7-8,11H,2-6H2,1H3. The molecule has 0 aliphatic heterocycles. The van der Waals surface area contributed by atoms with Crippen LogP contribution in [-0.2, 0) is 12.8 Å². The van der Waals surface area contributed by atoms with Gasteiger partial charge in [0.05, 0.1) is 6.20 Å². The third-order valence-electron chi connectivity index (χ3n) is 2.30. The van der Waals surface area contributed by atoms with Crippen molar-refractivity contribution in [3.05, 3.63) is 17.8 Å². The van der Waals surface area contributed by atoms with Gasteiger partial charge in [-0.25, -0.2) is 4.98 Å². The van der Waals surface area contributed by atoms with Crippen molar-refractivity contribution in [3.63, 3.8) is 0 Å². The van der Waals surface area contributed by atoms with E-state index in [1.165, 1.54) is 12.8 Å². The van der Waals surface area contributed by atoms with E-state index in [2.05, 4.69) is 17.2 Å². The van der Waals surface area contributed by atoms with Gasteiger partial charge in [0.25, 0.3) is 0 Å². The summed E-state index contributed by atoms with van der Waals surface area (Å²) in [5, 5.41) is 3.43. The maximum absolute atomic E-state index is 5.48. The summed E-state index contributed by atoms with van der Waals surface area (Å²) >= 11 is 0. The van der Waals surface area contributed by atoms with Gasteiger partial charge < -0.3 is 9.73 Å². The first-order chi connectivity index (χ1) is 6.38. The molecular weight excluding hydrogens is 164 g/mol. The fraction of sp³-hybridized carbons (Fsp3) is 0.700. The summed E-state index contributed by atoms with van der Waals surface area (Å²) in [4.78, 5) is 4.20. The number of rotatable bonds is 5. The van der Waals surface area contributed by atoms with Crippen LogP contribution in [0.1, 0.15) is 31.4 Å². The molecule has 1 aliphatic rings. The predicted octanol–water partition coefficient (Wildman–Crippen LogP) is 1.53. The minimum Gasteiger partial charge on any atom is -0.446 e. The van der Waals surface area contributed by atoms with Gasteiger partial charge in [-0.2, -0.15) is 0 Å². The van der Waals surface area contributed by atoms with Gasteiger partial charge in [0, 0.05) is 25.4 Å². The van der Waals surface area contributed by atoms with Gasteiger partial charge in [-0.15, -0.1) is 0 Å². The summed E-state index contributed by atoms with van der Waals surface area (Å²) in [6.07, 6.45) is 6.35. The van der Waals surface area contributed by atoms with Crippen LogP contribution in [0, 0.1) is 0 Å². The lowest BCUT2D eigenvalue weighted by Gasteiger charge is -1.98. The van der Waals surface area contributed by atoms with Crippen LogP contribution in [0.15, 0.2) is 10.6 Å². The van der Waals surface area contributed by atoms with Gasteiger partial charge in [-0.05, 0) is 12.8 Å². The number of aryl methyl sites for hydroxylation is 1. The lowest BCUT2D eigenvalue weighted by atomic mass is 10.4. The van der Waals surface area contributed by atoms with Crippen molar-refractivity contribution in [3.8, 4) is 0 Å². The Hall–Kier alpha value is -0.830. The third-order valence-corrected chi connectivity index (χ3v) is 2.30. The van der Waals surface area contributed by atoms with Crippen LogP contribution in [-0.4, -0.2) is 17.6 Å². The van der Waals surface area contributed by atoms with E-state index in [4.69, 9.17) is 4.42 Å². The highest BCUT2D eigenvalue weighted by Crippen LogP contribution is 2.18. The third kappa shape index (κ3) is 2.56. The van der Waals surface area contributed by atoms with Crippen molar-refractivity contribution >= 4 is 0 Å². The maximum Gasteiger partial charge on any atom is 0.195 e. The number of hydrogen-bond donors (Lipinski definition) is 1. The Kier molecular flexibility index (Phi) is 2.64.